The van der Waals surface area contributed by atoms with Gasteiger partial charge < -0.3 is 10.7 Å². The van der Waals surface area contributed by atoms with E-state index < -0.39 is 0 Å². The van der Waals surface area contributed by atoms with Gasteiger partial charge in [0.15, 0.2) is 0 Å². The van der Waals surface area contributed by atoms with E-state index >= 15 is 0 Å². The zero-order valence-electron chi connectivity index (χ0n) is 13.6. The molecule has 0 amide bonds. The van der Waals surface area contributed by atoms with Gasteiger partial charge in [-0.05, 0) is 61.4 Å². The number of aryl methyl sites for hydroxylation is 2. The van der Waals surface area contributed by atoms with Gasteiger partial charge in [-0.2, -0.15) is 0 Å². The third-order valence-corrected chi connectivity index (χ3v) is 4.07. The minimum atomic E-state index is 0.503. The summed E-state index contributed by atoms with van der Waals surface area (Å²) < 4.78 is 0. The van der Waals surface area contributed by atoms with Crippen LogP contribution >= 0.6 is 0 Å². The Hall–Kier alpha value is -1.61. The molecule has 21 heavy (non-hydrogen) atoms. The second-order valence-corrected chi connectivity index (χ2v) is 6.48. The molecule has 114 valence electrons. The summed E-state index contributed by atoms with van der Waals surface area (Å²) in [5.74, 6) is 2.22. The molecule has 1 aromatic heterocycles. The topological polar surface area (TPSA) is 54.7 Å². The first kappa shape index (κ1) is 15.8. The summed E-state index contributed by atoms with van der Waals surface area (Å²) in [7, 11) is 0. The molecule has 0 aliphatic carbocycles. The van der Waals surface area contributed by atoms with Crippen LogP contribution in [0.3, 0.4) is 0 Å². The van der Waals surface area contributed by atoms with Gasteiger partial charge in [0.25, 0.3) is 0 Å². The van der Waals surface area contributed by atoms with Gasteiger partial charge in [0.2, 0.25) is 0 Å². The lowest BCUT2D eigenvalue weighted by molar-refractivity contribution is 0.409. The van der Waals surface area contributed by atoms with Crippen molar-refractivity contribution in [1.82, 2.24) is 9.97 Å². The van der Waals surface area contributed by atoms with E-state index in [0.29, 0.717) is 11.8 Å². The lowest BCUT2D eigenvalue weighted by Crippen LogP contribution is -2.19. The molecule has 0 bridgehead atoms. The van der Waals surface area contributed by atoms with Gasteiger partial charge in [0.1, 0.15) is 5.82 Å². The molecule has 0 aliphatic rings. The van der Waals surface area contributed by atoms with E-state index in [1.165, 1.54) is 16.7 Å². The fraction of sp³-hybridized carbons (Fsp3) is 0.500. The summed E-state index contributed by atoms with van der Waals surface area (Å²) in [6, 6.07) is 6.52. The highest BCUT2D eigenvalue weighted by Crippen LogP contribution is 2.22. The molecular formula is C18H27N3. The highest BCUT2D eigenvalue weighted by molar-refractivity contribution is 5.60. The van der Waals surface area contributed by atoms with Gasteiger partial charge in [-0.25, -0.2) is 4.98 Å². The van der Waals surface area contributed by atoms with Crippen LogP contribution in [-0.4, -0.2) is 16.5 Å². The average molecular weight is 285 g/mol. The number of aromatic amines is 1. The van der Waals surface area contributed by atoms with Crippen LogP contribution in [-0.2, 0) is 6.42 Å². The van der Waals surface area contributed by atoms with Crippen LogP contribution in [0.5, 0.6) is 0 Å². The summed E-state index contributed by atoms with van der Waals surface area (Å²) >= 11 is 0. The molecule has 0 aliphatic heterocycles. The first-order valence-corrected chi connectivity index (χ1v) is 7.81. The molecule has 0 spiro atoms. The smallest absolute Gasteiger partial charge is 0.106 e. The summed E-state index contributed by atoms with van der Waals surface area (Å²) in [6.07, 6.45) is 4.01. The van der Waals surface area contributed by atoms with Crippen molar-refractivity contribution in [3.8, 4) is 11.3 Å². The Morgan fingerprint density at radius 2 is 1.95 bits per heavy atom. The molecule has 0 saturated heterocycles. The Morgan fingerprint density at radius 3 is 2.57 bits per heavy atom. The zero-order chi connectivity index (χ0) is 15.4. The van der Waals surface area contributed by atoms with E-state index in [1.54, 1.807) is 0 Å². The minimum absolute atomic E-state index is 0.503. The number of nitrogens with one attached hydrogen (secondary N) is 1. The van der Waals surface area contributed by atoms with Crippen molar-refractivity contribution in [3.63, 3.8) is 0 Å². The number of nitrogens with two attached hydrogens (primary N) is 1. The molecule has 1 aromatic carbocycles. The maximum atomic E-state index is 5.88. The Labute approximate surface area is 128 Å². The summed E-state index contributed by atoms with van der Waals surface area (Å²) in [5.41, 5.74) is 10.8. The summed E-state index contributed by atoms with van der Waals surface area (Å²) in [4.78, 5) is 7.98. The average Bonchev–Trinajstić information content (AvgIpc) is 2.89. The van der Waals surface area contributed by atoms with Crippen LogP contribution in [0.4, 0.5) is 0 Å². The predicted molar refractivity (Wildman–Crippen MR) is 89.2 cm³/mol. The number of imidazole rings is 1. The lowest BCUT2D eigenvalue weighted by Gasteiger charge is -2.15. The predicted octanol–water partition coefficient (Wildman–Crippen LogP) is 3.86. The van der Waals surface area contributed by atoms with E-state index in [2.05, 4.69) is 55.9 Å². The zero-order valence-corrected chi connectivity index (χ0v) is 13.6. The highest BCUT2D eigenvalue weighted by atomic mass is 14.9. The normalized spacial score (nSPS) is 12.9. The van der Waals surface area contributed by atoms with Crippen molar-refractivity contribution in [2.75, 3.05) is 6.54 Å². The molecule has 1 heterocycles. The van der Waals surface area contributed by atoms with E-state index in [4.69, 9.17) is 5.73 Å². The molecule has 0 radical (unpaired) electrons. The number of hydrogen-bond donors (Lipinski definition) is 2. The molecule has 3 heteroatoms. The van der Waals surface area contributed by atoms with Crippen LogP contribution in [0.25, 0.3) is 11.3 Å². The largest absolute Gasteiger partial charge is 0.342 e. The van der Waals surface area contributed by atoms with Gasteiger partial charge in [-0.1, -0.05) is 26.0 Å². The van der Waals surface area contributed by atoms with Gasteiger partial charge in [-0.3, -0.25) is 0 Å². The third-order valence-electron chi connectivity index (χ3n) is 4.07. The second kappa shape index (κ2) is 6.90. The Bertz CT molecular complexity index is 584. The van der Waals surface area contributed by atoms with Crippen molar-refractivity contribution >= 4 is 0 Å². The maximum absolute atomic E-state index is 5.88. The van der Waals surface area contributed by atoms with Gasteiger partial charge in [0, 0.05) is 6.42 Å². The number of H-pyrrole nitrogens is 1. The maximum Gasteiger partial charge on any atom is 0.106 e. The fourth-order valence-corrected chi connectivity index (χ4v) is 2.72. The van der Waals surface area contributed by atoms with Crippen LogP contribution in [0.1, 0.15) is 37.2 Å². The van der Waals surface area contributed by atoms with Gasteiger partial charge in [0.05, 0.1) is 11.9 Å². The third kappa shape index (κ3) is 4.18. The van der Waals surface area contributed by atoms with Crippen molar-refractivity contribution in [2.24, 2.45) is 17.6 Å². The van der Waals surface area contributed by atoms with E-state index in [-0.39, 0.29) is 0 Å². The van der Waals surface area contributed by atoms with Crippen molar-refractivity contribution in [3.05, 3.63) is 41.3 Å². The van der Waals surface area contributed by atoms with Crippen LogP contribution in [0.2, 0.25) is 0 Å². The molecule has 1 unspecified atom stereocenters. The van der Waals surface area contributed by atoms with Crippen molar-refractivity contribution in [2.45, 2.75) is 40.5 Å². The molecule has 2 rings (SSSR count). The molecule has 2 aromatic rings. The molecule has 3 nitrogen and oxygen atoms in total. The lowest BCUT2D eigenvalue weighted by atomic mass is 9.94. The fourth-order valence-electron chi connectivity index (χ4n) is 2.72. The Balaban J connectivity index is 2.11. The SMILES string of the molecule is Cc1ccc(-c2cnc(CC(CN)CC(C)C)[nH]2)cc1C. The quantitative estimate of drug-likeness (QED) is 0.847. The number of rotatable bonds is 6. The van der Waals surface area contributed by atoms with Crippen LogP contribution in [0.15, 0.2) is 24.4 Å². The minimum Gasteiger partial charge on any atom is -0.342 e. The highest BCUT2D eigenvalue weighted by Gasteiger charge is 2.13. The number of hydrogen-bond acceptors (Lipinski definition) is 2. The number of benzene rings is 1. The van der Waals surface area contributed by atoms with Crippen LogP contribution in [0, 0.1) is 25.7 Å². The Kier molecular flexibility index (Phi) is 5.18. The standard InChI is InChI=1S/C18H27N3/c1-12(2)7-15(10-19)9-18-20-11-17(21-18)16-6-5-13(3)14(4)8-16/h5-6,8,11-12,15H,7,9-10,19H2,1-4H3,(H,20,21). The molecular weight excluding hydrogens is 258 g/mol. The van der Waals surface area contributed by atoms with Crippen molar-refractivity contribution in [1.29, 1.82) is 0 Å². The van der Waals surface area contributed by atoms with Crippen molar-refractivity contribution < 1.29 is 0 Å². The monoisotopic (exact) mass is 285 g/mol. The first-order chi connectivity index (χ1) is 9.99. The summed E-state index contributed by atoms with van der Waals surface area (Å²) in [6.45, 7) is 9.48. The first-order valence-electron chi connectivity index (χ1n) is 7.81. The van der Waals surface area contributed by atoms with E-state index in [9.17, 15) is 0 Å². The molecule has 3 N–H and O–H groups in total. The summed E-state index contributed by atoms with van der Waals surface area (Å²) in [5, 5.41) is 0. The number of nitrogens with zero attached hydrogens (tertiary/aromatic N) is 1. The molecule has 1 atom stereocenters. The van der Waals surface area contributed by atoms with E-state index in [0.717, 1.165) is 30.9 Å². The van der Waals surface area contributed by atoms with Gasteiger partial charge in [-0.15, -0.1) is 0 Å². The van der Waals surface area contributed by atoms with Gasteiger partial charge >= 0.3 is 0 Å². The number of aromatic nitrogens is 2. The molecule has 0 saturated carbocycles. The van der Waals surface area contributed by atoms with Crippen LogP contribution < -0.4 is 5.73 Å². The second-order valence-electron chi connectivity index (χ2n) is 6.48. The van der Waals surface area contributed by atoms with E-state index in [1.807, 2.05) is 6.20 Å². The Morgan fingerprint density at radius 1 is 1.19 bits per heavy atom. The molecule has 0 fully saturated rings.